The molecule has 164 valence electrons. The topological polar surface area (TPSA) is 92.6 Å². The van der Waals surface area contributed by atoms with E-state index in [1.54, 1.807) is 31.5 Å². The van der Waals surface area contributed by atoms with Crippen LogP contribution in [0.3, 0.4) is 0 Å². The Balaban J connectivity index is 1.50. The molecule has 2 aliphatic heterocycles. The van der Waals surface area contributed by atoms with Crippen molar-refractivity contribution in [2.75, 3.05) is 56.2 Å². The predicted molar refractivity (Wildman–Crippen MR) is 119 cm³/mol. The number of hydrogen-bond acceptors (Lipinski definition) is 8. The van der Waals surface area contributed by atoms with Crippen molar-refractivity contribution in [1.82, 2.24) is 19.5 Å². The monoisotopic (exact) mass is 442 g/mol. The minimum absolute atomic E-state index is 0.169. The summed E-state index contributed by atoms with van der Waals surface area (Å²) in [5.74, 6) is 0.766. The molecule has 0 amide bonds. The molecule has 1 unspecified atom stereocenters. The van der Waals surface area contributed by atoms with Crippen LogP contribution in [0.4, 0.5) is 11.5 Å². The van der Waals surface area contributed by atoms with Crippen molar-refractivity contribution in [2.24, 2.45) is 0 Å². The molecular weight excluding hydrogens is 416 g/mol. The van der Waals surface area contributed by atoms with Crippen molar-refractivity contribution < 1.29 is 13.2 Å². The average molecular weight is 443 g/mol. The molecule has 0 spiro atoms. The minimum Gasteiger partial charge on any atom is -0.380 e. The van der Waals surface area contributed by atoms with E-state index < -0.39 is 10.0 Å². The van der Waals surface area contributed by atoms with E-state index in [-0.39, 0.29) is 11.0 Å². The van der Waals surface area contributed by atoms with Gasteiger partial charge in [-0.3, -0.25) is 0 Å². The van der Waals surface area contributed by atoms with Gasteiger partial charge >= 0.3 is 0 Å². The molecule has 2 aromatic heterocycles. The lowest BCUT2D eigenvalue weighted by Gasteiger charge is -2.28. The molecule has 2 fully saturated rings. The molecule has 2 aliphatic rings. The van der Waals surface area contributed by atoms with Crippen LogP contribution >= 0.6 is 0 Å². The summed E-state index contributed by atoms with van der Waals surface area (Å²) in [6.45, 7) is 5.01. The number of rotatable bonds is 5. The molecule has 0 saturated carbocycles. The van der Waals surface area contributed by atoms with Gasteiger partial charge in [0.1, 0.15) is 5.82 Å². The lowest BCUT2D eigenvalue weighted by Crippen LogP contribution is -2.43. The van der Waals surface area contributed by atoms with Crippen LogP contribution < -0.4 is 15.1 Å². The molecule has 0 aliphatic carbocycles. The highest BCUT2D eigenvalue weighted by molar-refractivity contribution is 7.90. The van der Waals surface area contributed by atoms with E-state index >= 15 is 0 Å². The molecule has 1 N–H and O–H groups in total. The Morgan fingerprint density at radius 3 is 2.71 bits per heavy atom. The normalized spacial score (nSPS) is 20.0. The summed E-state index contributed by atoms with van der Waals surface area (Å²) in [7, 11) is -2.18. The molecule has 4 heterocycles. The number of hydrogen-bond donors (Lipinski definition) is 1. The van der Waals surface area contributed by atoms with Gasteiger partial charge in [-0.15, -0.1) is 4.09 Å². The van der Waals surface area contributed by atoms with Gasteiger partial charge in [0.25, 0.3) is 10.0 Å². The van der Waals surface area contributed by atoms with E-state index in [2.05, 4.69) is 25.2 Å². The molecular formula is C21H26N6O3S. The van der Waals surface area contributed by atoms with E-state index in [1.165, 1.54) is 0 Å². The lowest BCUT2D eigenvalue weighted by atomic mass is 10.3. The van der Waals surface area contributed by atoms with E-state index in [0.717, 1.165) is 61.3 Å². The molecule has 3 aromatic rings. The van der Waals surface area contributed by atoms with Gasteiger partial charge in [0.15, 0.2) is 5.65 Å². The Morgan fingerprint density at radius 2 is 1.94 bits per heavy atom. The summed E-state index contributed by atoms with van der Waals surface area (Å²) in [5.41, 5.74) is 1.22. The van der Waals surface area contributed by atoms with E-state index in [9.17, 15) is 8.42 Å². The number of anilines is 2. The summed E-state index contributed by atoms with van der Waals surface area (Å²) >= 11 is 0. The number of piperazine rings is 1. The van der Waals surface area contributed by atoms with Crippen molar-refractivity contribution in [2.45, 2.75) is 17.4 Å². The quantitative estimate of drug-likeness (QED) is 0.632. The number of methoxy groups -OCH3 is 1. The highest BCUT2D eigenvalue weighted by Crippen LogP contribution is 2.27. The van der Waals surface area contributed by atoms with Gasteiger partial charge in [0.2, 0.25) is 0 Å². The molecule has 0 bridgehead atoms. The molecule has 1 atom stereocenters. The zero-order chi connectivity index (χ0) is 21.4. The summed E-state index contributed by atoms with van der Waals surface area (Å²) in [5, 5.41) is 8.19. The lowest BCUT2D eigenvalue weighted by molar-refractivity contribution is 0.121. The van der Waals surface area contributed by atoms with Crippen molar-refractivity contribution in [3.8, 4) is 0 Å². The molecule has 31 heavy (non-hydrogen) atoms. The fourth-order valence-electron chi connectivity index (χ4n) is 4.21. The Bertz CT molecular complexity index is 1190. The molecule has 2 saturated heterocycles. The van der Waals surface area contributed by atoms with E-state index in [1.807, 2.05) is 18.2 Å². The molecule has 10 heteroatoms. The fourth-order valence-corrected chi connectivity index (χ4v) is 5.48. The van der Waals surface area contributed by atoms with Crippen LogP contribution in [-0.4, -0.2) is 75.1 Å². The second kappa shape index (κ2) is 8.10. The second-order valence-corrected chi connectivity index (χ2v) is 9.67. The number of benzene rings is 1. The zero-order valence-corrected chi connectivity index (χ0v) is 18.3. The van der Waals surface area contributed by atoms with Gasteiger partial charge in [0.05, 0.1) is 17.2 Å². The first-order valence-corrected chi connectivity index (χ1v) is 11.9. The molecule has 0 radical (unpaired) electrons. The SMILES string of the molecule is COC1CCN(c2cccc(S(=O)(=O)n3ncc4ccc(N5CCNCC5)nc43)c2)C1. The minimum atomic E-state index is -3.89. The number of nitrogens with zero attached hydrogens (tertiary/aromatic N) is 5. The summed E-state index contributed by atoms with van der Waals surface area (Å²) in [4.78, 5) is 9.16. The average Bonchev–Trinajstić information content (AvgIpc) is 3.47. The molecule has 5 rings (SSSR count). The summed E-state index contributed by atoms with van der Waals surface area (Å²) < 4.78 is 33.4. The van der Waals surface area contributed by atoms with Gasteiger partial charge < -0.3 is 19.9 Å². The first-order chi connectivity index (χ1) is 15.1. The number of nitrogens with one attached hydrogen (secondary N) is 1. The number of fused-ring (bicyclic) bond motifs is 1. The van der Waals surface area contributed by atoms with Gasteiger partial charge in [-0.25, -0.2) is 4.98 Å². The Hall–Kier alpha value is -2.69. The van der Waals surface area contributed by atoms with Crippen LogP contribution in [0.15, 0.2) is 47.5 Å². The van der Waals surface area contributed by atoms with Crippen molar-refractivity contribution >= 4 is 32.6 Å². The van der Waals surface area contributed by atoms with Gasteiger partial charge in [0, 0.05) is 57.5 Å². The Labute approximate surface area is 181 Å². The predicted octanol–water partition coefficient (Wildman–Crippen LogP) is 1.30. The third-order valence-electron chi connectivity index (χ3n) is 6.00. The largest absolute Gasteiger partial charge is 0.380 e. The molecule has 1 aromatic carbocycles. The number of aromatic nitrogens is 3. The first-order valence-electron chi connectivity index (χ1n) is 10.5. The third kappa shape index (κ3) is 3.75. The Morgan fingerprint density at radius 1 is 1.10 bits per heavy atom. The van der Waals surface area contributed by atoms with Crippen LogP contribution in [0.5, 0.6) is 0 Å². The van der Waals surface area contributed by atoms with Crippen LogP contribution in [-0.2, 0) is 14.8 Å². The van der Waals surface area contributed by atoms with E-state index in [0.29, 0.717) is 11.0 Å². The van der Waals surface area contributed by atoms with Crippen LogP contribution in [0.1, 0.15) is 6.42 Å². The van der Waals surface area contributed by atoms with Crippen molar-refractivity contribution in [3.05, 3.63) is 42.6 Å². The summed E-state index contributed by atoms with van der Waals surface area (Å²) in [6.07, 6.45) is 2.65. The standard InChI is InChI=1S/C21H26N6O3S/c1-30-18-7-10-26(15-18)17-3-2-4-19(13-17)31(28,29)27-21-16(14-23-27)5-6-20(24-21)25-11-8-22-9-12-25/h2-6,13-14,18,22H,7-12,15H2,1H3. The van der Waals surface area contributed by atoms with Crippen LogP contribution in [0.25, 0.3) is 11.0 Å². The highest BCUT2D eigenvalue weighted by atomic mass is 32.2. The fraction of sp³-hybridized carbons (Fsp3) is 0.429. The smallest absolute Gasteiger partial charge is 0.285 e. The Kier molecular flexibility index (Phi) is 5.28. The number of ether oxygens (including phenoxy) is 1. The maximum atomic E-state index is 13.5. The second-order valence-electron chi connectivity index (χ2n) is 7.90. The maximum absolute atomic E-state index is 13.5. The van der Waals surface area contributed by atoms with Crippen LogP contribution in [0.2, 0.25) is 0 Å². The number of pyridine rings is 1. The van der Waals surface area contributed by atoms with Gasteiger partial charge in [-0.1, -0.05) is 6.07 Å². The van der Waals surface area contributed by atoms with Crippen LogP contribution in [0, 0.1) is 0 Å². The van der Waals surface area contributed by atoms with Crippen molar-refractivity contribution in [3.63, 3.8) is 0 Å². The maximum Gasteiger partial charge on any atom is 0.285 e. The van der Waals surface area contributed by atoms with E-state index in [4.69, 9.17) is 4.74 Å². The van der Waals surface area contributed by atoms with Crippen molar-refractivity contribution in [1.29, 1.82) is 0 Å². The highest BCUT2D eigenvalue weighted by Gasteiger charge is 2.26. The first kappa shape index (κ1) is 20.2. The summed E-state index contributed by atoms with van der Waals surface area (Å²) in [6, 6.07) is 10.8. The van der Waals surface area contributed by atoms with Gasteiger partial charge in [-0.05, 0) is 36.8 Å². The molecule has 9 nitrogen and oxygen atoms in total. The van der Waals surface area contributed by atoms with Gasteiger partial charge in [-0.2, -0.15) is 13.5 Å². The zero-order valence-electron chi connectivity index (χ0n) is 17.4. The third-order valence-corrected chi connectivity index (χ3v) is 7.57.